The molecular weight excluding hydrogens is 370 g/mol. The van der Waals surface area contributed by atoms with Crippen molar-refractivity contribution in [3.63, 3.8) is 0 Å². The summed E-state index contributed by atoms with van der Waals surface area (Å²) in [5.74, 6) is 1.04. The van der Waals surface area contributed by atoms with E-state index in [4.69, 9.17) is 13.9 Å². The zero-order valence-corrected chi connectivity index (χ0v) is 16.7. The van der Waals surface area contributed by atoms with Crippen LogP contribution in [0.25, 0.3) is 11.0 Å². The second-order valence-electron chi connectivity index (χ2n) is 6.92. The third-order valence-corrected chi connectivity index (χ3v) is 5.18. The lowest BCUT2D eigenvalue weighted by atomic mass is 9.98. The maximum Gasteiger partial charge on any atom is 0.290 e. The Balaban J connectivity index is 1.90. The second kappa shape index (κ2) is 7.62. The molecule has 0 aliphatic carbocycles. The summed E-state index contributed by atoms with van der Waals surface area (Å²) in [5, 5.41) is 0.469. The van der Waals surface area contributed by atoms with Gasteiger partial charge in [0.15, 0.2) is 16.9 Å². The van der Waals surface area contributed by atoms with Gasteiger partial charge in [0.2, 0.25) is 5.76 Å². The van der Waals surface area contributed by atoms with Gasteiger partial charge in [-0.15, -0.1) is 0 Å². The minimum absolute atomic E-state index is 0.117. The van der Waals surface area contributed by atoms with E-state index >= 15 is 0 Å². The normalized spacial score (nSPS) is 15.6. The molecule has 0 fully saturated rings. The molecule has 2 aromatic carbocycles. The van der Waals surface area contributed by atoms with Crippen LogP contribution in [-0.2, 0) is 0 Å². The highest BCUT2D eigenvalue weighted by atomic mass is 16.5. The van der Waals surface area contributed by atoms with Gasteiger partial charge in [-0.1, -0.05) is 25.1 Å². The molecule has 1 aliphatic heterocycles. The van der Waals surface area contributed by atoms with Crippen LogP contribution in [0, 0.1) is 0 Å². The summed E-state index contributed by atoms with van der Waals surface area (Å²) in [6.07, 6.45) is 0.882. The van der Waals surface area contributed by atoms with Gasteiger partial charge in [-0.2, -0.15) is 0 Å². The molecule has 29 heavy (non-hydrogen) atoms. The van der Waals surface area contributed by atoms with E-state index in [2.05, 4.69) is 0 Å². The number of rotatable bonds is 6. The van der Waals surface area contributed by atoms with Crippen molar-refractivity contribution in [1.29, 1.82) is 0 Å². The third-order valence-electron chi connectivity index (χ3n) is 5.18. The highest BCUT2D eigenvalue weighted by Gasteiger charge is 2.42. The van der Waals surface area contributed by atoms with Crippen LogP contribution in [0.1, 0.15) is 48.0 Å². The predicted octanol–water partition coefficient (Wildman–Crippen LogP) is 4.16. The largest absolute Gasteiger partial charge is 0.493 e. The number of carbonyl (C=O) groups is 1. The molecule has 0 unspecified atom stereocenters. The van der Waals surface area contributed by atoms with E-state index in [1.807, 2.05) is 32.0 Å². The van der Waals surface area contributed by atoms with Crippen LogP contribution >= 0.6 is 0 Å². The molecule has 3 aromatic rings. The zero-order chi connectivity index (χ0) is 20.5. The van der Waals surface area contributed by atoms with Crippen LogP contribution < -0.4 is 14.9 Å². The summed E-state index contributed by atoms with van der Waals surface area (Å²) >= 11 is 0. The van der Waals surface area contributed by atoms with E-state index in [0.29, 0.717) is 41.2 Å². The number of benzene rings is 2. The van der Waals surface area contributed by atoms with E-state index in [-0.39, 0.29) is 17.1 Å². The first-order valence-electron chi connectivity index (χ1n) is 9.78. The smallest absolute Gasteiger partial charge is 0.290 e. The molecule has 0 saturated carbocycles. The standard InChI is InChI=1S/C23H23NO5/c1-4-12-28-17-11-10-14(13-18(17)27-3)20-19-21(25)15-8-6-7-9-16(15)29-22(19)23(26)24(20)5-2/h6-11,13,20H,4-5,12H2,1-3H3/t20-/m1/s1. The van der Waals surface area contributed by atoms with Crippen molar-refractivity contribution in [2.24, 2.45) is 0 Å². The fraction of sp³-hybridized carbons (Fsp3) is 0.304. The van der Waals surface area contributed by atoms with Crippen LogP contribution in [0.2, 0.25) is 0 Å². The van der Waals surface area contributed by atoms with Crippen molar-refractivity contribution in [3.05, 3.63) is 69.6 Å². The number of methoxy groups -OCH3 is 1. The molecule has 150 valence electrons. The molecule has 6 heteroatoms. The monoisotopic (exact) mass is 393 g/mol. The van der Waals surface area contributed by atoms with E-state index in [9.17, 15) is 9.59 Å². The molecule has 1 aromatic heterocycles. The van der Waals surface area contributed by atoms with Crippen molar-refractivity contribution >= 4 is 16.9 Å². The lowest BCUT2D eigenvalue weighted by Gasteiger charge is -2.24. The van der Waals surface area contributed by atoms with Gasteiger partial charge < -0.3 is 18.8 Å². The van der Waals surface area contributed by atoms with Crippen LogP contribution in [0.5, 0.6) is 11.5 Å². The first kappa shape index (κ1) is 19.1. The lowest BCUT2D eigenvalue weighted by Crippen LogP contribution is -2.29. The quantitative estimate of drug-likeness (QED) is 0.629. The average molecular weight is 393 g/mol. The number of carbonyl (C=O) groups excluding carboxylic acids is 1. The van der Waals surface area contributed by atoms with Gasteiger partial charge in [-0.05, 0) is 43.2 Å². The van der Waals surface area contributed by atoms with Crippen molar-refractivity contribution in [2.75, 3.05) is 20.3 Å². The van der Waals surface area contributed by atoms with Crippen molar-refractivity contribution in [3.8, 4) is 11.5 Å². The Morgan fingerprint density at radius 3 is 2.59 bits per heavy atom. The highest BCUT2D eigenvalue weighted by Crippen LogP contribution is 2.40. The van der Waals surface area contributed by atoms with Gasteiger partial charge in [-0.25, -0.2) is 0 Å². The number of amides is 1. The topological polar surface area (TPSA) is 69.0 Å². The fourth-order valence-electron chi connectivity index (χ4n) is 3.83. The third kappa shape index (κ3) is 3.05. The Kier molecular flexibility index (Phi) is 5.01. The molecular formula is C23H23NO5. The first-order valence-corrected chi connectivity index (χ1v) is 9.78. The summed E-state index contributed by atoms with van der Waals surface area (Å²) in [6.45, 7) is 4.94. The maximum atomic E-state index is 13.3. The number of para-hydroxylation sites is 1. The molecule has 0 bridgehead atoms. The summed E-state index contributed by atoms with van der Waals surface area (Å²) in [4.78, 5) is 27.9. The molecule has 0 N–H and O–H groups in total. The minimum Gasteiger partial charge on any atom is -0.493 e. The van der Waals surface area contributed by atoms with Crippen LogP contribution in [0.4, 0.5) is 0 Å². The lowest BCUT2D eigenvalue weighted by molar-refractivity contribution is 0.0737. The fourth-order valence-corrected chi connectivity index (χ4v) is 3.83. The summed E-state index contributed by atoms with van der Waals surface area (Å²) < 4.78 is 17.1. The molecule has 6 nitrogen and oxygen atoms in total. The number of fused-ring (bicyclic) bond motifs is 2. The maximum absolute atomic E-state index is 13.3. The molecule has 1 atom stereocenters. The predicted molar refractivity (Wildman–Crippen MR) is 110 cm³/mol. The Labute approximate surface area is 168 Å². The van der Waals surface area contributed by atoms with E-state index < -0.39 is 6.04 Å². The number of ether oxygens (including phenoxy) is 2. The van der Waals surface area contributed by atoms with Gasteiger partial charge in [0.05, 0.1) is 30.7 Å². The molecule has 4 rings (SSSR count). The second-order valence-corrected chi connectivity index (χ2v) is 6.92. The molecule has 0 radical (unpaired) electrons. The minimum atomic E-state index is -0.530. The van der Waals surface area contributed by atoms with Crippen molar-refractivity contribution in [1.82, 2.24) is 4.90 Å². The van der Waals surface area contributed by atoms with Crippen LogP contribution in [0.3, 0.4) is 0 Å². The Morgan fingerprint density at radius 1 is 1.07 bits per heavy atom. The molecule has 1 aliphatic rings. The Bertz CT molecular complexity index is 1130. The van der Waals surface area contributed by atoms with Gasteiger partial charge in [0.1, 0.15) is 5.58 Å². The first-order chi connectivity index (χ1) is 14.1. The number of hydrogen-bond acceptors (Lipinski definition) is 5. The van der Waals surface area contributed by atoms with Crippen molar-refractivity contribution in [2.45, 2.75) is 26.3 Å². The SMILES string of the molecule is CCCOc1ccc([C@@H]2c3c(oc4ccccc4c3=O)C(=O)N2CC)cc1OC. The number of hydrogen-bond donors (Lipinski definition) is 0. The summed E-state index contributed by atoms with van der Waals surface area (Å²) in [6, 6.07) is 12.0. The van der Waals surface area contributed by atoms with Gasteiger partial charge in [0, 0.05) is 6.54 Å². The van der Waals surface area contributed by atoms with Crippen LogP contribution in [0.15, 0.2) is 51.7 Å². The van der Waals surface area contributed by atoms with Gasteiger partial charge >= 0.3 is 0 Å². The summed E-state index contributed by atoms with van der Waals surface area (Å²) in [7, 11) is 1.57. The van der Waals surface area contributed by atoms with E-state index in [1.54, 1.807) is 36.3 Å². The van der Waals surface area contributed by atoms with Crippen LogP contribution in [-0.4, -0.2) is 31.1 Å². The Hall–Kier alpha value is -3.28. The van der Waals surface area contributed by atoms with Gasteiger partial charge in [0.25, 0.3) is 5.91 Å². The molecule has 0 spiro atoms. The van der Waals surface area contributed by atoms with Gasteiger partial charge in [-0.3, -0.25) is 9.59 Å². The highest BCUT2D eigenvalue weighted by molar-refractivity contribution is 5.99. The van der Waals surface area contributed by atoms with E-state index in [0.717, 1.165) is 12.0 Å². The zero-order valence-electron chi connectivity index (χ0n) is 16.7. The van der Waals surface area contributed by atoms with E-state index in [1.165, 1.54) is 0 Å². The number of nitrogens with zero attached hydrogens (tertiary/aromatic N) is 1. The van der Waals surface area contributed by atoms with Crippen molar-refractivity contribution < 1.29 is 18.7 Å². The Morgan fingerprint density at radius 2 is 1.86 bits per heavy atom. The molecule has 0 saturated heterocycles. The molecule has 1 amide bonds. The molecule has 2 heterocycles. The summed E-state index contributed by atoms with van der Waals surface area (Å²) in [5.41, 5.74) is 1.39. The average Bonchev–Trinajstić information content (AvgIpc) is 3.04.